The number of ether oxygens (including phenoxy) is 7. The average molecular weight is 1130 g/mol. The highest BCUT2D eigenvalue weighted by Crippen LogP contribution is 2.32. The molecule has 0 spiro atoms. The van der Waals surface area contributed by atoms with Gasteiger partial charge in [-0.25, -0.2) is 4.79 Å². The van der Waals surface area contributed by atoms with Gasteiger partial charge < -0.3 is 126 Å². The van der Waals surface area contributed by atoms with Crippen LogP contribution >= 0.6 is 0 Å². The molecule has 0 unspecified atom stereocenters. The summed E-state index contributed by atoms with van der Waals surface area (Å²) in [7, 11) is 0. The zero-order chi connectivity index (χ0) is 57.5. The minimum Gasteiger partial charge on any atom is -0.394 e. The fraction of sp³-hybridized carbons (Fsp3) is 0.844. The zero-order valence-electron chi connectivity index (χ0n) is 42.3. The summed E-state index contributed by atoms with van der Waals surface area (Å²) in [4.78, 5) is 92.8. The molecule has 78 heavy (non-hydrogen) atoms. The average Bonchev–Trinajstić information content (AvgIpc) is 3.76. The molecule has 0 bridgehead atoms. The fourth-order valence-electron chi connectivity index (χ4n) is 8.88. The molecule has 0 radical (unpaired) electrons. The Bertz CT molecular complexity index is 1980. The normalized spacial score (nSPS) is 36.6. The van der Waals surface area contributed by atoms with Gasteiger partial charge in [0.05, 0.1) is 45.2 Å². The quantitative estimate of drug-likeness (QED) is 0.0268. The summed E-state index contributed by atoms with van der Waals surface area (Å²) >= 11 is 0. The van der Waals surface area contributed by atoms with Crippen LogP contribution in [0.25, 0.3) is 0 Å². The van der Waals surface area contributed by atoms with Gasteiger partial charge in [0.1, 0.15) is 98.0 Å². The van der Waals surface area contributed by atoms with Gasteiger partial charge in [-0.05, 0) is 25.2 Å². The topological polar surface area (TPSA) is 508 Å². The summed E-state index contributed by atoms with van der Waals surface area (Å²) in [5, 5.41) is 144. The van der Waals surface area contributed by atoms with Crippen LogP contribution < -0.4 is 21.3 Å². The van der Waals surface area contributed by atoms with Crippen LogP contribution in [0.3, 0.4) is 0 Å². The number of rotatable bonds is 27. The number of nitrogens with one attached hydrogen (secondary N) is 4. The molecule has 21 atom stereocenters. The lowest BCUT2D eigenvalue weighted by Crippen LogP contribution is -2.65. The smallest absolute Gasteiger partial charge is 0.352 e. The second-order valence-electron chi connectivity index (χ2n) is 19.3. The summed E-state index contributed by atoms with van der Waals surface area (Å²) in [5.41, 5.74) is 0. The highest BCUT2D eigenvalue weighted by molar-refractivity contribution is 6.01. The monoisotopic (exact) mass is 1130 g/mol. The molecular formula is C45H73N5O28. The molecule has 5 aliphatic rings. The second-order valence-corrected chi connectivity index (χ2v) is 19.3. The molecule has 5 rings (SSSR count). The maximum absolute atomic E-state index is 13.3. The number of hydrogen-bond donors (Lipinski definition) is 17. The van der Waals surface area contributed by atoms with Gasteiger partial charge in [-0.2, -0.15) is 0 Å². The first-order valence-corrected chi connectivity index (χ1v) is 25.3. The van der Waals surface area contributed by atoms with Crippen molar-refractivity contribution >= 4 is 41.4 Å². The number of nitrogens with zero attached hydrogens (tertiary/aromatic N) is 1. The molecule has 446 valence electrons. The van der Waals surface area contributed by atoms with Crippen LogP contribution in [0, 0.1) is 5.92 Å². The highest BCUT2D eigenvalue weighted by atomic mass is 16.8. The Labute approximate surface area is 444 Å². The van der Waals surface area contributed by atoms with E-state index in [4.69, 9.17) is 38.0 Å². The van der Waals surface area contributed by atoms with Gasteiger partial charge in [0, 0.05) is 45.2 Å². The van der Waals surface area contributed by atoms with Gasteiger partial charge in [-0.15, -0.1) is 5.06 Å². The molecule has 17 N–H and O–H groups in total. The summed E-state index contributed by atoms with van der Waals surface area (Å²) in [6.45, 7) is -2.44. The van der Waals surface area contributed by atoms with E-state index in [9.17, 15) is 99.9 Å². The van der Waals surface area contributed by atoms with Crippen LogP contribution in [0.2, 0.25) is 0 Å². The Balaban J connectivity index is 1.14. The van der Waals surface area contributed by atoms with E-state index in [2.05, 4.69) is 21.3 Å². The lowest BCUT2D eigenvalue weighted by atomic mass is 9.82. The predicted octanol–water partition coefficient (Wildman–Crippen LogP) is -10.6. The van der Waals surface area contributed by atoms with Crippen molar-refractivity contribution in [3.8, 4) is 0 Å². The summed E-state index contributed by atoms with van der Waals surface area (Å²) in [6, 6.07) is -1.49. The lowest BCUT2D eigenvalue weighted by Gasteiger charge is -2.46. The Kier molecular flexibility index (Phi) is 25.2. The lowest BCUT2D eigenvalue weighted by molar-refractivity contribution is -0.366. The van der Waals surface area contributed by atoms with Crippen LogP contribution in [0.15, 0.2) is 0 Å². The van der Waals surface area contributed by atoms with Gasteiger partial charge in [-0.1, -0.05) is 6.92 Å². The third kappa shape index (κ3) is 17.4. The number of imide groups is 1. The van der Waals surface area contributed by atoms with E-state index in [-0.39, 0.29) is 69.2 Å². The number of carbonyl (C=O) groups excluding carboxylic acids is 7. The standard InChI is InChI=1S/C45H73N5O28/c1-18-13-20(31(60)35(64)30(18)59)71-11-9-46-24(53)3-2-4-26(55)49-19(42(70)48-14-29(58)78-50-27(56)7-8-28(50)57)5-6-25(54)47-10-12-72-44-40(69)41(77-45-39(68)37(66)33(62)22(16-52)75-45)34(63)23(76-44)17-73-43-38(67)36(65)32(61)21(15-51)74-43/h18-23,30-41,43-45,51-52,59-69H,2-17H2,1H3,(H,46,53)(H,47,54)(H,48,70)(H,49,55)/t18-,19+,20-,21-,22-,23-,30-,31-,32-,33-,34-,35-,36+,37+,38+,39+,40+,41+,43+,44+,45-/m1/s1. The molecule has 0 aromatic heterocycles. The first-order valence-electron chi connectivity index (χ1n) is 25.3. The van der Waals surface area contributed by atoms with Gasteiger partial charge >= 0.3 is 5.97 Å². The van der Waals surface area contributed by atoms with E-state index < -0.39 is 210 Å². The molecule has 1 aliphatic carbocycles. The van der Waals surface area contributed by atoms with Gasteiger partial charge in [0.15, 0.2) is 18.9 Å². The second kappa shape index (κ2) is 30.5. The van der Waals surface area contributed by atoms with Crippen LogP contribution in [-0.2, 0) is 71.6 Å². The Morgan fingerprint density at radius 2 is 1.12 bits per heavy atom. The molecule has 33 heteroatoms. The fourth-order valence-corrected chi connectivity index (χ4v) is 8.88. The minimum atomic E-state index is -2.00. The maximum Gasteiger partial charge on any atom is 0.352 e. The van der Waals surface area contributed by atoms with Gasteiger partial charge in [0.25, 0.3) is 11.8 Å². The molecule has 33 nitrogen and oxygen atoms in total. The van der Waals surface area contributed by atoms with E-state index >= 15 is 0 Å². The number of carbonyl (C=O) groups is 7. The molecule has 4 heterocycles. The van der Waals surface area contributed by atoms with Crippen molar-refractivity contribution in [3.05, 3.63) is 0 Å². The number of aliphatic hydroxyl groups is 13. The van der Waals surface area contributed by atoms with E-state index in [1.54, 1.807) is 6.92 Å². The van der Waals surface area contributed by atoms with E-state index in [1.807, 2.05) is 0 Å². The van der Waals surface area contributed by atoms with E-state index in [0.29, 0.717) is 0 Å². The van der Waals surface area contributed by atoms with Crippen LogP contribution in [-0.4, -0.2) is 288 Å². The highest BCUT2D eigenvalue weighted by Gasteiger charge is 2.52. The molecule has 1 saturated carbocycles. The van der Waals surface area contributed by atoms with Crippen LogP contribution in [0.5, 0.6) is 0 Å². The molecular weight excluding hydrogens is 1060 g/mol. The number of hydroxylamine groups is 2. The summed E-state index contributed by atoms with van der Waals surface area (Å²) in [6.07, 6.45) is -32.9. The van der Waals surface area contributed by atoms with Crippen molar-refractivity contribution in [3.63, 3.8) is 0 Å². The first-order chi connectivity index (χ1) is 37.0. The first kappa shape index (κ1) is 64.5. The molecule has 5 fully saturated rings. The molecule has 0 aromatic rings. The molecule has 0 aromatic carbocycles. The third-order valence-electron chi connectivity index (χ3n) is 13.5. The van der Waals surface area contributed by atoms with Gasteiger partial charge in [-0.3, -0.25) is 28.8 Å². The van der Waals surface area contributed by atoms with Crippen molar-refractivity contribution in [2.24, 2.45) is 5.92 Å². The number of amides is 6. The van der Waals surface area contributed by atoms with Crippen molar-refractivity contribution in [1.29, 1.82) is 0 Å². The van der Waals surface area contributed by atoms with E-state index in [0.717, 1.165) is 0 Å². The van der Waals surface area contributed by atoms with Crippen molar-refractivity contribution < 1.29 is 138 Å². The summed E-state index contributed by atoms with van der Waals surface area (Å²) < 4.78 is 38.8. The number of hydrogen-bond acceptors (Lipinski definition) is 28. The largest absolute Gasteiger partial charge is 0.394 e. The molecule has 4 aliphatic heterocycles. The Morgan fingerprint density at radius 3 is 1.73 bits per heavy atom. The third-order valence-corrected chi connectivity index (χ3v) is 13.5. The van der Waals surface area contributed by atoms with Crippen LogP contribution in [0.1, 0.15) is 58.3 Å². The Morgan fingerprint density at radius 1 is 0.590 bits per heavy atom. The van der Waals surface area contributed by atoms with Crippen molar-refractivity contribution in [2.45, 2.75) is 181 Å². The molecule has 4 saturated heterocycles. The predicted molar refractivity (Wildman–Crippen MR) is 248 cm³/mol. The van der Waals surface area contributed by atoms with E-state index in [1.165, 1.54) is 0 Å². The van der Waals surface area contributed by atoms with Crippen molar-refractivity contribution in [1.82, 2.24) is 26.3 Å². The van der Waals surface area contributed by atoms with Crippen LogP contribution in [0.4, 0.5) is 0 Å². The SMILES string of the molecule is C[C@@H]1C[C@@H](OCCNC(=O)CCCC(=O)N[C@@H](CCC(=O)NCCO[C@H]2O[C@H](CO[C@H]3O[C@H](CO)[C@@H](O)[C@H](O)[C@@H]3O)[C@@H](O)[C@H](O[C@H]3O[C@H](CO)[C@@H](O)[C@H](O)[C@@H]3O)[C@@H]2O)C(=O)NCC(=O)ON2C(=O)CCC2=O)[C@@H](O)[C@H](O)[C@@H]1O. The van der Waals surface area contributed by atoms with Gasteiger partial charge in [0.2, 0.25) is 23.6 Å². The Hall–Kier alpha value is -4.31. The van der Waals surface area contributed by atoms with Crippen molar-refractivity contribution in [2.75, 3.05) is 52.7 Å². The molecule has 6 amide bonds. The summed E-state index contributed by atoms with van der Waals surface area (Å²) in [5.74, 6) is -6.10. The zero-order valence-corrected chi connectivity index (χ0v) is 42.3. The number of aliphatic hydroxyl groups excluding tert-OH is 13. The maximum atomic E-state index is 13.3. The minimum absolute atomic E-state index is 0.0116.